The lowest BCUT2D eigenvalue weighted by atomic mass is 10.0. The van der Waals surface area contributed by atoms with Crippen LogP contribution in [0.1, 0.15) is 252 Å². The summed E-state index contributed by atoms with van der Waals surface area (Å²) in [6.45, 7) is 6.45. The second-order valence-corrected chi connectivity index (χ2v) is 17.2. The van der Waals surface area contributed by atoms with Crippen molar-refractivity contribution in [2.75, 3.05) is 13.2 Å². The molecule has 0 spiro atoms. The van der Waals surface area contributed by atoms with Crippen LogP contribution in [0, 0.1) is 0 Å². The van der Waals surface area contributed by atoms with Crippen molar-refractivity contribution in [2.45, 2.75) is 258 Å². The Bertz CT molecular complexity index is 1120. The molecule has 352 valence electrons. The van der Waals surface area contributed by atoms with Gasteiger partial charge < -0.3 is 14.2 Å². The van der Waals surface area contributed by atoms with E-state index in [-0.39, 0.29) is 37.5 Å². The van der Waals surface area contributed by atoms with Gasteiger partial charge in [0.05, 0.1) is 0 Å². The van der Waals surface area contributed by atoms with Gasteiger partial charge in [0.15, 0.2) is 6.10 Å². The minimum Gasteiger partial charge on any atom is -0.462 e. The zero-order valence-electron chi connectivity index (χ0n) is 40.2. The molecule has 0 heterocycles. The third-order valence-corrected chi connectivity index (χ3v) is 11.2. The lowest BCUT2D eigenvalue weighted by Crippen LogP contribution is -2.30. The van der Waals surface area contributed by atoms with Crippen LogP contribution in [0.3, 0.4) is 0 Å². The van der Waals surface area contributed by atoms with Gasteiger partial charge in [0.2, 0.25) is 0 Å². The van der Waals surface area contributed by atoms with E-state index in [9.17, 15) is 14.4 Å². The minimum absolute atomic E-state index is 0.0994. The van der Waals surface area contributed by atoms with Crippen molar-refractivity contribution in [3.8, 4) is 0 Å². The molecule has 6 heteroatoms. The molecule has 1 unspecified atom stereocenters. The third-order valence-electron chi connectivity index (χ3n) is 11.2. The molecule has 0 aromatic rings. The molecule has 0 rings (SSSR count). The van der Waals surface area contributed by atoms with Crippen LogP contribution in [0.2, 0.25) is 0 Å². The molecule has 1 atom stereocenters. The van der Waals surface area contributed by atoms with Gasteiger partial charge in [-0.25, -0.2) is 0 Å². The number of unbranched alkanes of at least 4 members (excludes halogenated alkanes) is 29. The maximum Gasteiger partial charge on any atom is 0.306 e. The maximum absolute atomic E-state index is 12.7. The van der Waals surface area contributed by atoms with E-state index in [0.29, 0.717) is 19.3 Å². The molecule has 0 fully saturated rings. The number of allylic oxidation sites excluding steroid dienone is 10. The van der Waals surface area contributed by atoms with Gasteiger partial charge in [-0.2, -0.15) is 0 Å². The molecule has 0 saturated heterocycles. The van der Waals surface area contributed by atoms with Crippen molar-refractivity contribution < 1.29 is 28.6 Å². The minimum atomic E-state index is -0.806. The Balaban J connectivity index is 4.41. The first-order valence-corrected chi connectivity index (χ1v) is 25.9. The third kappa shape index (κ3) is 48.0. The molecule has 61 heavy (non-hydrogen) atoms. The van der Waals surface area contributed by atoms with Gasteiger partial charge in [0.1, 0.15) is 13.2 Å². The molecule has 0 aliphatic heterocycles. The summed E-state index contributed by atoms with van der Waals surface area (Å²) >= 11 is 0. The van der Waals surface area contributed by atoms with Crippen LogP contribution in [0.4, 0.5) is 0 Å². The normalized spacial score (nSPS) is 12.5. The van der Waals surface area contributed by atoms with Crippen LogP contribution in [0.25, 0.3) is 0 Å². The lowest BCUT2D eigenvalue weighted by Gasteiger charge is -2.18. The number of ether oxygens (including phenoxy) is 3. The second-order valence-electron chi connectivity index (χ2n) is 17.2. The summed E-state index contributed by atoms with van der Waals surface area (Å²) in [5, 5.41) is 0. The summed E-state index contributed by atoms with van der Waals surface area (Å²) in [5.41, 5.74) is 0. The summed E-state index contributed by atoms with van der Waals surface area (Å²) in [6, 6.07) is 0. The zero-order valence-corrected chi connectivity index (χ0v) is 40.2. The van der Waals surface area contributed by atoms with Gasteiger partial charge in [-0.05, 0) is 32.1 Å². The predicted molar refractivity (Wildman–Crippen MR) is 261 cm³/mol. The van der Waals surface area contributed by atoms with Gasteiger partial charge in [0, 0.05) is 19.3 Å². The van der Waals surface area contributed by atoms with Gasteiger partial charge in [-0.1, -0.05) is 261 Å². The molecule has 0 radical (unpaired) electrons. The fraction of sp³-hybridized carbons (Fsp3) is 0.764. The summed E-state index contributed by atoms with van der Waals surface area (Å²) in [7, 11) is 0. The highest BCUT2D eigenvalue weighted by Gasteiger charge is 2.19. The van der Waals surface area contributed by atoms with E-state index in [1.165, 1.54) is 154 Å². The second kappa shape index (κ2) is 49.8. The standard InChI is InChI=1S/C55H96O6/c1-4-7-10-13-16-19-22-25-26-27-28-31-33-36-39-42-45-48-54(57)60-51-52(61-55(58)49-46-43-40-37-34-30-24-21-18-15-12-9-6-3)50-59-53(56)47-44-41-38-35-32-29-23-20-17-14-11-8-5-2/h9,12,15,18,21,24,30,34,37,40,52H,4-8,10-11,13-14,16-17,19-20,22-23,25-29,31-33,35-36,38-39,41-51H2,1-3H3/b12-9+,18-15+,24-21+,34-30+,40-37+. The number of rotatable bonds is 46. The maximum atomic E-state index is 12.7. The average Bonchev–Trinajstić information content (AvgIpc) is 3.26. The molecule has 0 aromatic carbocycles. The molecule has 0 saturated carbocycles. The molecule has 0 N–H and O–H groups in total. The van der Waals surface area contributed by atoms with E-state index in [2.05, 4.69) is 26.8 Å². The fourth-order valence-electron chi connectivity index (χ4n) is 7.30. The van der Waals surface area contributed by atoms with Crippen molar-refractivity contribution in [3.63, 3.8) is 0 Å². The van der Waals surface area contributed by atoms with Gasteiger partial charge in [-0.3, -0.25) is 14.4 Å². The number of carbonyl (C=O) groups is 3. The Morgan fingerprint density at radius 1 is 0.344 bits per heavy atom. The topological polar surface area (TPSA) is 78.9 Å². The van der Waals surface area contributed by atoms with Crippen LogP contribution < -0.4 is 0 Å². The summed E-state index contributed by atoms with van der Waals surface area (Å²) in [5.74, 6) is -0.966. The Labute approximate surface area is 377 Å². The molecule has 0 aliphatic carbocycles. The van der Waals surface area contributed by atoms with Crippen molar-refractivity contribution in [1.29, 1.82) is 0 Å². The van der Waals surface area contributed by atoms with Crippen LogP contribution in [-0.2, 0) is 28.6 Å². The molecular formula is C55H96O6. The van der Waals surface area contributed by atoms with Crippen molar-refractivity contribution in [1.82, 2.24) is 0 Å². The van der Waals surface area contributed by atoms with Crippen molar-refractivity contribution in [3.05, 3.63) is 60.8 Å². The van der Waals surface area contributed by atoms with Crippen LogP contribution in [-0.4, -0.2) is 37.2 Å². The van der Waals surface area contributed by atoms with E-state index in [1.54, 1.807) is 0 Å². The summed E-state index contributed by atoms with van der Waals surface area (Å²) in [6.07, 6.45) is 60.7. The highest BCUT2D eigenvalue weighted by atomic mass is 16.6. The first kappa shape index (κ1) is 58.1. The van der Waals surface area contributed by atoms with Crippen LogP contribution >= 0.6 is 0 Å². The Morgan fingerprint density at radius 2 is 0.639 bits per heavy atom. The SMILES string of the molecule is CC/C=C/C=C/C=C/C=C/C=C/CCCC(=O)OC(COC(=O)CCCCCCCCCCCCCCC)COC(=O)CCCCCCCCCCCCCCCCCCC. The Hall–Kier alpha value is -2.89. The number of carbonyl (C=O) groups excluding carboxylic acids is 3. The summed E-state index contributed by atoms with van der Waals surface area (Å²) in [4.78, 5) is 37.9. The molecule has 0 aromatic heterocycles. The largest absolute Gasteiger partial charge is 0.462 e. The molecular weight excluding hydrogens is 757 g/mol. The van der Waals surface area contributed by atoms with Crippen molar-refractivity contribution in [2.24, 2.45) is 0 Å². The predicted octanol–water partition coefficient (Wildman–Crippen LogP) is 16.9. The highest BCUT2D eigenvalue weighted by molar-refractivity contribution is 5.71. The fourth-order valence-corrected chi connectivity index (χ4v) is 7.30. The van der Waals surface area contributed by atoms with Gasteiger partial charge >= 0.3 is 17.9 Å². The van der Waals surface area contributed by atoms with Crippen LogP contribution in [0.5, 0.6) is 0 Å². The Kier molecular flexibility index (Phi) is 47.4. The molecule has 0 aliphatic rings. The summed E-state index contributed by atoms with van der Waals surface area (Å²) < 4.78 is 16.7. The van der Waals surface area contributed by atoms with E-state index < -0.39 is 6.10 Å². The monoisotopic (exact) mass is 853 g/mol. The van der Waals surface area contributed by atoms with E-state index >= 15 is 0 Å². The molecule has 0 bridgehead atoms. The molecule has 6 nitrogen and oxygen atoms in total. The van der Waals surface area contributed by atoms with E-state index in [1.807, 2.05) is 54.7 Å². The first-order chi connectivity index (χ1) is 30.0. The number of hydrogen-bond acceptors (Lipinski definition) is 6. The van der Waals surface area contributed by atoms with Crippen LogP contribution in [0.15, 0.2) is 60.8 Å². The number of esters is 3. The van der Waals surface area contributed by atoms with Gasteiger partial charge in [-0.15, -0.1) is 0 Å². The number of hydrogen-bond donors (Lipinski definition) is 0. The first-order valence-electron chi connectivity index (χ1n) is 25.9. The van der Waals surface area contributed by atoms with E-state index in [0.717, 1.165) is 51.4 Å². The Morgan fingerprint density at radius 3 is 0.984 bits per heavy atom. The van der Waals surface area contributed by atoms with E-state index in [4.69, 9.17) is 14.2 Å². The molecule has 0 amide bonds. The quantitative estimate of drug-likeness (QED) is 0.0263. The van der Waals surface area contributed by atoms with Gasteiger partial charge in [0.25, 0.3) is 0 Å². The smallest absolute Gasteiger partial charge is 0.306 e. The highest BCUT2D eigenvalue weighted by Crippen LogP contribution is 2.16. The zero-order chi connectivity index (χ0) is 44.4. The lowest BCUT2D eigenvalue weighted by molar-refractivity contribution is -0.167. The van der Waals surface area contributed by atoms with Crippen molar-refractivity contribution >= 4 is 17.9 Å². The average molecular weight is 853 g/mol.